The first-order valence-electron chi connectivity index (χ1n) is 7.52. The summed E-state index contributed by atoms with van der Waals surface area (Å²) in [5.41, 5.74) is 0.507. The third-order valence-corrected chi connectivity index (χ3v) is 4.31. The van der Waals surface area contributed by atoms with Gasteiger partial charge in [-0.1, -0.05) is 18.9 Å². The molecule has 1 N–H and O–H groups in total. The maximum absolute atomic E-state index is 12.7. The van der Waals surface area contributed by atoms with Crippen LogP contribution in [0.3, 0.4) is 0 Å². The molecule has 1 aromatic rings. The molecule has 5 nitrogen and oxygen atoms in total. The fourth-order valence-corrected chi connectivity index (χ4v) is 3.13. The first kappa shape index (κ1) is 14.2. The predicted octanol–water partition coefficient (Wildman–Crippen LogP) is 1.83. The zero-order valence-electron chi connectivity index (χ0n) is 12.2. The van der Waals surface area contributed by atoms with Crippen molar-refractivity contribution in [1.29, 1.82) is 0 Å². The minimum absolute atomic E-state index is 0.119. The lowest BCUT2D eigenvalue weighted by Gasteiger charge is -2.35. The van der Waals surface area contributed by atoms with Gasteiger partial charge in [-0.05, 0) is 25.0 Å². The highest BCUT2D eigenvalue weighted by Gasteiger charge is 2.31. The van der Waals surface area contributed by atoms with Gasteiger partial charge < -0.3 is 19.5 Å². The van der Waals surface area contributed by atoms with Crippen LogP contribution < -0.4 is 9.47 Å². The molecule has 0 radical (unpaired) electrons. The molecular formula is C16H21NO4. The molecule has 1 saturated carbocycles. The summed E-state index contributed by atoms with van der Waals surface area (Å²) in [6.07, 6.45) is 3.23. The third kappa shape index (κ3) is 2.70. The summed E-state index contributed by atoms with van der Waals surface area (Å²) in [7, 11) is 1.75. The topological polar surface area (TPSA) is 59.0 Å². The number of likely N-dealkylation sites (N-methyl/N-ethyl adjacent to an activating group) is 1. The average molecular weight is 291 g/mol. The molecule has 1 aliphatic heterocycles. The van der Waals surface area contributed by atoms with E-state index in [9.17, 15) is 9.90 Å². The van der Waals surface area contributed by atoms with Gasteiger partial charge in [0.25, 0.3) is 5.91 Å². The van der Waals surface area contributed by atoms with Gasteiger partial charge in [-0.3, -0.25) is 4.79 Å². The molecule has 0 bridgehead atoms. The molecule has 1 heterocycles. The number of amides is 1. The number of aliphatic hydroxyl groups is 1. The Morgan fingerprint density at radius 2 is 2.00 bits per heavy atom. The number of carbonyl (C=O) groups is 1. The molecule has 0 aromatic heterocycles. The third-order valence-electron chi connectivity index (χ3n) is 4.31. The quantitative estimate of drug-likeness (QED) is 0.903. The average Bonchev–Trinajstić information content (AvgIpc) is 2.53. The Morgan fingerprint density at radius 3 is 2.81 bits per heavy atom. The van der Waals surface area contributed by atoms with Crippen LogP contribution in [0.2, 0.25) is 0 Å². The summed E-state index contributed by atoms with van der Waals surface area (Å²) >= 11 is 0. The first-order chi connectivity index (χ1) is 10.2. The summed E-state index contributed by atoms with van der Waals surface area (Å²) in [6.45, 7) is 0.953. The number of hydrogen-bond acceptors (Lipinski definition) is 4. The van der Waals surface area contributed by atoms with Crippen LogP contribution in [0.4, 0.5) is 0 Å². The van der Waals surface area contributed by atoms with Crippen LogP contribution in [0.1, 0.15) is 36.0 Å². The van der Waals surface area contributed by atoms with E-state index in [0.29, 0.717) is 30.3 Å². The van der Waals surface area contributed by atoms with E-state index in [1.54, 1.807) is 30.1 Å². The Morgan fingerprint density at radius 1 is 1.24 bits per heavy atom. The standard InChI is InChI=1S/C16H21NO4/c1-17(12-6-2-3-7-13(12)18)16(19)11-5-4-8-14-15(11)21-10-9-20-14/h4-5,8,12-13,18H,2-3,6-7,9-10H2,1H3. The molecule has 21 heavy (non-hydrogen) atoms. The van der Waals surface area contributed by atoms with Crippen molar-refractivity contribution in [1.82, 2.24) is 4.90 Å². The lowest BCUT2D eigenvalue weighted by Crippen LogP contribution is -2.46. The van der Waals surface area contributed by atoms with Crippen molar-refractivity contribution < 1.29 is 19.4 Å². The Balaban J connectivity index is 1.84. The molecule has 1 fully saturated rings. The SMILES string of the molecule is CN(C(=O)c1cccc2c1OCCO2)C1CCCCC1O. The van der Waals surface area contributed by atoms with Gasteiger partial charge in [0.1, 0.15) is 13.2 Å². The van der Waals surface area contributed by atoms with E-state index in [1.165, 1.54) is 0 Å². The molecule has 2 aliphatic rings. The minimum atomic E-state index is -0.440. The summed E-state index contributed by atoms with van der Waals surface area (Å²) < 4.78 is 11.1. The van der Waals surface area contributed by atoms with E-state index in [-0.39, 0.29) is 11.9 Å². The van der Waals surface area contributed by atoms with Gasteiger partial charge in [0.05, 0.1) is 17.7 Å². The van der Waals surface area contributed by atoms with Crippen molar-refractivity contribution >= 4 is 5.91 Å². The molecule has 2 unspecified atom stereocenters. The largest absolute Gasteiger partial charge is 0.486 e. The minimum Gasteiger partial charge on any atom is -0.486 e. The Kier molecular flexibility index (Phi) is 4.01. The number of benzene rings is 1. The highest BCUT2D eigenvalue weighted by Crippen LogP contribution is 2.35. The Labute approximate surface area is 124 Å². The van der Waals surface area contributed by atoms with Crippen molar-refractivity contribution in [2.24, 2.45) is 0 Å². The zero-order valence-corrected chi connectivity index (χ0v) is 12.2. The van der Waals surface area contributed by atoms with E-state index in [1.807, 2.05) is 0 Å². The van der Waals surface area contributed by atoms with Crippen LogP contribution in [0.25, 0.3) is 0 Å². The molecule has 114 valence electrons. The van der Waals surface area contributed by atoms with Crippen molar-refractivity contribution in [3.05, 3.63) is 23.8 Å². The van der Waals surface area contributed by atoms with Gasteiger partial charge in [0.2, 0.25) is 0 Å². The van der Waals surface area contributed by atoms with E-state index in [2.05, 4.69) is 0 Å². The van der Waals surface area contributed by atoms with Crippen LogP contribution in [-0.2, 0) is 0 Å². The molecule has 5 heteroatoms. The summed E-state index contributed by atoms with van der Waals surface area (Å²) in [5, 5.41) is 10.1. The van der Waals surface area contributed by atoms with Crippen LogP contribution in [0.5, 0.6) is 11.5 Å². The van der Waals surface area contributed by atoms with Gasteiger partial charge in [0, 0.05) is 7.05 Å². The van der Waals surface area contributed by atoms with Gasteiger partial charge in [-0.25, -0.2) is 0 Å². The normalized spacial score (nSPS) is 24.5. The summed E-state index contributed by atoms with van der Waals surface area (Å²) in [4.78, 5) is 14.4. The van der Waals surface area contributed by atoms with E-state index < -0.39 is 6.10 Å². The summed E-state index contributed by atoms with van der Waals surface area (Å²) in [5.74, 6) is 1.01. The molecule has 0 saturated heterocycles. The van der Waals surface area contributed by atoms with Crippen LogP contribution in [0, 0.1) is 0 Å². The van der Waals surface area contributed by atoms with Crippen molar-refractivity contribution in [2.45, 2.75) is 37.8 Å². The second-order valence-corrected chi connectivity index (χ2v) is 5.66. The number of hydrogen-bond donors (Lipinski definition) is 1. The molecule has 1 aliphatic carbocycles. The number of rotatable bonds is 2. The maximum Gasteiger partial charge on any atom is 0.257 e. The monoisotopic (exact) mass is 291 g/mol. The number of para-hydroxylation sites is 1. The van der Waals surface area contributed by atoms with Crippen molar-refractivity contribution in [2.75, 3.05) is 20.3 Å². The van der Waals surface area contributed by atoms with Crippen LogP contribution in [0.15, 0.2) is 18.2 Å². The van der Waals surface area contributed by atoms with E-state index >= 15 is 0 Å². The van der Waals surface area contributed by atoms with Gasteiger partial charge in [0.15, 0.2) is 11.5 Å². The Hall–Kier alpha value is -1.75. The molecule has 2 atom stereocenters. The second-order valence-electron chi connectivity index (χ2n) is 5.66. The number of carbonyl (C=O) groups excluding carboxylic acids is 1. The Bertz CT molecular complexity index is 531. The maximum atomic E-state index is 12.7. The fourth-order valence-electron chi connectivity index (χ4n) is 3.13. The van der Waals surface area contributed by atoms with Crippen LogP contribution >= 0.6 is 0 Å². The molecule has 1 aromatic carbocycles. The number of aliphatic hydroxyl groups excluding tert-OH is 1. The number of ether oxygens (including phenoxy) is 2. The smallest absolute Gasteiger partial charge is 0.257 e. The van der Waals surface area contributed by atoms with Gasteiger partial charge >= 0.3 is 0 Å². The fraction of sp³-hybridized carbons (Fsp3) is 0.562. The molecule has 3 rings (SSSR count). The first-order valence-corrected chi connectivity index (χ1v) is 7.52. The lowest BCUT2D eigenvalue weighted by atomic mass is 9.91. The molecule has 1 amide bonds. The van der Waals surface area contributed by atoms with E-state index in [0.717, 1.165) is 25.7 Å². The predicted molar refractivity (Wildman–Crippen MR) is 77.8 cm³/mol. The molecule has 0 spiro atoms. The zero-order chi connectivity index (χ0) is 14.8. The second kappa shape index (κ2) is 5.93. The van der Waals surface area contributed by atoms with Crippen LogP contribution in [-0.4, -0.2) is 48.3 Å². The number of nitrogens with zero attached hydrogens (tertiary/aromatic N) is 1. The lowest BCUT2D eigenvalue weighted by molar-refractivity contribution is 0.0263. The van der Waals surface area contributed by atoms with E-state index in [4.69, 9.17) is 9.47 Å². The highest BCUT2D eigenvalue weighted by molar-refractivity contribution is 5.98. The van der Waals surface area contributed by atoms with Crippen molar-refractivity contribution in [3.63, 3.8) is 0 Å². The van der Waals surface area contributed by atoms with Crippen molar-refractivity contribution in [3.8, 4) is 11.5 Å². The molecular weight excluding hydrogens is 270 g/mol. The summed E-state index contributed by atoms with van der Waals surface area (Å²) in [6, 6.07) is 5.24. The van der Waals surface area contributed by atoms with Gasteiger partial charge in [-0.15, -0.1) is 0 Å². The van der Waals surface area contributed by atoms with Gasteiger partial charge in [-0.2, -0.15) is 0 Å². The highest BCUT2D eigenvalue weighted by atomic mass is 16.6. The number of fused-ring (bicyclic) bond motifs is 1.